The Balaban J connectivity index is 1.37. The zero-order valence-corrected chi connectivity index (χ0v) is 19.3. The number of likely N-dealkylation sites (tertiary alicyclic amines) is 1. The third kappa shape index (κ3) is 5.85. The van der Waals surface area contributed by atoms with Gasteiger partial charge in [-0.25, -0.2) is 21.9 Å². The molecule has 178 valence electrons. The van der Waals surface area contributed by atoms with E-state index in [1.165, 1.54) is 12.1 Å². The van der Waals surface area contributed by atoms with Crippen LogP contribution in [0.4, 0.5) is 8.78 Å². The number of nitrogens with zero attached hydrogens (tertiary/aromatic N) is 1. The summed E-state index contributed by atoms with van der Waals surface area (Å²) in [5.41, 5.74) is 0.425. The third-order valence-electron chi connectivity index (χ3n) is 6.93. The molecule has 3 fully saturated rings. The molecule has 2 aliphatic carbocycles. The van der Waals surface area contributed by atoms with Crippen molar-refractivity contribution in [3.05, 3.63) is 35.4 Å². The first-order valence-corrected chi connectivity index (χ1v) is 13.4. The Labute approximate surface area is 188 Å². The Kier molecular flexibility index (Phi) is 7.17. The molecular formula is C23H32F2N2O4S. The Bertz CT molecular complexity index is 930. The van der Waals surface area contributed by atoms with E-state index in [0.29, 0.717) is 44.2 Å². The number of ether oxygens (including phenoxy) is 1. The van der Waals surface area contributed by atoms with Crippen molar-refractivity contribution in [3.63, 3.8) is 0 Å². The number of carbonyl (C=O) groups excluding carboxylic acids is 1. The molecule has 3 aliphatic rings. The molecule has 0 bridgehead atoms. The summed E-state index contributed by atoms with van der Waals surface area (Å²) in [7, 11) is -3.41. The molecule has 0 unspecified atom stereocenters. The molecule has 4 rings (SSSR count). The summed E-state index contributed by atoms with van der Waals surface area (Å²) in [5, 5.41) is 0. The Morgan fingerprint density at radius 3 is 2.50 bits per heavy atom. The van der Waals surface area contributed by atoms with Crippen LogP contribution in [0.3, 0.4) is 0 Å². The van der Waals surface area contributed by atoms with Gasteiger partial charge in [-0.05, 0) is 81.0 Å². The Morgan fingerprint density at radius 1 is 1.12 bits per heavy atom. The van der Waals surface area contributed by atoms with Crippen molar-refractivity contribution in [2.24, 2.45) is 5.92 Å². The second-order valence-electron chi connectivity index (χ2n) is 9.48. The topological polar surface area (TPSA) is 75.7 Å². The van der Waals surface area contributed by atoms with E-state index in [2.05, 4.69) is 4.72 Å². The lowest BCUT2D eigenvalue weighted by molar-refractivity contribution is -0.139. The van der Waals surface area contributed by atoms with Crippen LogP contribution < -0.4 is 4.72 Å². The van der Waals surface area contributed by atoms with Gasteiger partial charge in [-0.15, -0.1) is 0 Å². The molecule has 2 saturated carbocycles. The molecular weight excluding hydrogens is 438 g/mol. The minimum Gasteiger partial charge on any atom is -0.376 e. The average molecular weight is 471 g/mol. The summed E-state index contributed by atoms with van der Waals surface area (Å²) < 4.78 is 60.3. The van der Waals surface area contributed by atoms with Gasteiger partial charge in [0.1, 0.15) is 11.6 Å². The average Bonchev–Trinajstić information content (AvgIpc) is 3.59. The fraction of sp³-hybridized carbons (Fsp3) is 0.696. The van der Waals surface area contributed by atoms with Crippen molar-refractivity contribution in [3.8, 4) is 0 Å². The highest BCUT2D eigenvalue weighted by Gasteiger charge is 2.41. The lowest BCUT2D eigenvalue weighted by atomic mass is 9.82. The summed E-state index contributed by atoms with van der Waals surface area (Å²) in [6.45, 7) is 0.895. The van der Waals surface area contributed by atoms with Crippen LogP contribution in [-0.2, 0) is 19.6 Å². The highest BCUT2D eigenvalue weighted by atomic mass is 32.2. The molecule has 1 saturated heterocycles. The summed E-state index contributed by atoms with van der Waals surface area (Å²) in [5.74, 6) is -0.674. The van der Waals surface area contributed by atoms with Crippen LogP contribution in [0, 0.1) is 17.6 Å². The number of nitrogens with one attached hydrogen (secondary N) is 1. The highest BCUT2D eigenvalue weighted by Crippen LogP contribution is 2.37. The lowest BCUT2D eigenvalue weighted by Crippen LogP contribution is -2.59. The monoisotopic (exact) mass is 470 g/mol. The van der Waals surface area contributed by atoms with Crippen molar-refractivity contribution in [1.82, 2.24) is 9.62 Å². The van der Waals surface area contributed by atoms with Crippen LogP contribution >= 0.6 is 0 Å². The van der Waals surface area contributed by atoms with Gasteiger partial charge in [0, 0.05) is 18.5 Å². The molecule has 2 atom stereocenters. The maximum atomic E-state index is 14.1. The molecule has 1 amide bonds. The number of amides is 1. The zero-order valence-electron chi connectivity index (χ0n) is 18.4. The number of halogens is 2. The zero-order chi connectivity index (χ0) is 22.9. The number of sulfonamides is 1. The van der Waals surface area contributed by atoms with Gasteiger partial charge < -0.3 is 9.64 Å². The standard InChI is InChI=1S/C23H32F2N2O4S/c1-32(29,30)26-21-3-2-12-27(23(28)16-4-5-16)22(21)14-31-18-9-6-15(7-10-18)19-13-17(24)8-11-20(19)25/h8,11,13,15-16,18,21-22,26H,2-7,9-10,12,14H2,1H3/t15?,18?,21-,22-/m0/s1. The fourth-order valence-electron chi connectivity index (χ4n) is 5.12. The van der Waals surface area contributed by atoms with E-state index in [4.69, 9.17) is 4.74 Å². The minimum atomic E-state index is -3.41. The molecule has 1 N–H and O–H groups in total. The van der Waals surface area contributed by atoms with Gasteiger partial charge in [-0.2, -0.15) is 0 Å². The molecule has 32 heavy (non-hydrogen) atoms. The van der Waals surface area contributed by atoms with Crippen LogP contribution in [0.25, 0.3) is 0 Å². The van der Waals surface area contributed by atoms with E-state index in [1.807, 2.05) is 4.90 Å². The fourth-order valence-corrected chi connectivity index (χ4v) is 5.94. The largest absolute Gasteiger partial charge is 0.376 e. The first-order valence-electron chi connectivity index (χ1n) is 11.6. The molecule has 1 aromatic carbocycles. The highest BCUT2D eigenvalue weighted by molar-refractivity contribution is 7.88. The molecule has 1 aliphatic heterocycles. The van der Waals surface area contributed by atoms with Crippen molar-refractivity contribution in [2.45, 2.75) is 75.5 Å². The van der Waals surface area contributed by atoms with Crippen molar-refractivity contribution < 1.29 is 26.7 Å². The van der Waals surface area contributed by atoms with Gasteiger partial charge in [0.15, 0.2) is 0 Å². The second kappa shape index (κ2) is 9.73. The van der Waals surface area contributed by atoms with Crippen molar-refractivity contribution in [1.29, 1.82) is 0 Å². The van der Waals surface area contributed by atoms with Gasteiger partial charge in [-0.1, -0.05) is 0 Å². The van der Waals surface area contributed by atoms with Crippen LogP contribution in [0.1, 0.15) is 62.8 Å². The Hall–Kier alpha value is -1.58. The maximum Gasteiger partial charge on any atom is 0.226 e. The van der Waals surface area contributed by atoms with Crippen molar-refractivity contribution in [2.75, 3.05) is 19.4 Å². The molecule has 0 spiro atoms. The van der Waals surface area contributed by atoms with Gasteiger partial charge in [0.05, 0.1) is 25.0 Å². The normalized spacial score (nSPS) is 29.2. The Morgan fingerprint density at radius 2 is 1.84 bits per heavy atom. The van der Waals surface area contributed by atoms with Crippen LogP contribution in [0.15, 0.2) is 18.2 Å². The van der Waals surface area contributed by atoms with Crippen molar-refractivity contribution >= 4 is 15.9 Å². The second-order valence-corrected chi connectivity index (χ2v) is 11.3. The van der Waals surface area contributed by atoms with E-state index < -0.39 is 15.8 Å². The van der Waals surface area contributed by atoms with Crippen LogP contribution in [0.2, 0.25) is 0 Å². The summed E-state index contributed by atoms with van der Waals surface area (Å²) in [4.78, 5) is 14.6. The summed E-state index contributed by atoms with van der Waals surface area (Å²) >= 11 is 0. The minimum absolute atomic E-state index is 0.0344. The predicted molar refractivity (Wildman–Crippen MR) is 117 cm³/mol. The number of carbonyl (C=O) groups is 1. The van der Waals surface area contributed by atoms with E-state index in [0.717, 1.165) is 31.6 Å². The first kappa shape index (κ1) is 23.6. The molecule has 0 aromatic heterocycles. The first-order chi connectivity index (χ1) is 15.2. The van der Waals surface area contributed by atoms with Gasteiger partial charge in [0.25, 0.3) is 0 Å². The van der Waals surface area contributed by atoms with Crippen LogP contribution in [0.5, 0.6) is 0 Å². The van der Waals surface area contributed by atoms with Gasteiger partial charge in [0.2, 0.25) is 15.9 Å². The predicted octanol–water partition coefficient (Wildman–Crippen LogP) is 3.33. The number of benzene rings is 1. The smallest absolute Gasteiger partial charge is 0.226 e. The van der Waals surface area contributed by atoms with E-state index in [-0.39, 0.29) is 48.4 Å². The van der Waals surface area contributed by atoms with E-state index in [9.17, 15) is 22.0 Å². The lowest BCUT2D eigenvalue weighted by Gasteiger charge is -2.42. The number of rotatable bonds is 7. The summed E-state index contributed by atoms with van der Waals surface area (Å²) in [6.07, 6.45) is 7.15. The van der Waals surface area contributed by atoms with Gasteiger partial charge in [-0.3, -0.25) is 4.79 Å². The number of piperidine rings is 1. The molecule has 0 radical (unpaired) electrons. The number of hydrogen-bond donors (Lipinski definition) is 1. The van der Waals surface area contributed by atoms with E-state index in [1.54, 1.807) is 0 Å². The summed E-state index contributed by atoms with van der Waals surface area (Å²) in [6, 6.07) is 2.90. The quantitative estimate of drug-likeness (QED) is 0.663. The van der Waals surface area contributed by atoms with Crippen LogP contribution in [-0.4, -0.2) is 56.8 Å². The molecule has 9 heteroatoms. The molecule has 6 nitrogen and oxygen atoms in total. The molecule has 1 heterocycles. The van der Waals surface area contributed by atoms with E-state index >= 15 is 0 Å². The molecule has 1 aromatic rings. The SMILES string of the molecule is CS(=O)(=O)N[C@H]1CCCN(C(=O)C2CC2)[C@H]1COC1CCC(c2cc(F)ccc2F)CC1. The number of hydrogen-bond acceptors (Lipinski definition) is 4. The maximum absolute atomic E-state index is 14.1. The third-order valence-corrected chi connectivity index (χ3v) is 7.66. The van der Waals surface area contributed by atoms with Gasteiger partial charge >= 0.3 is 0 Å².